The third kappa shape index (κ3) is 3.99. The van der Waals surface area contributed by atoms with Gasteiger partial charge in [-0.3, -0.25) is 4.79 Å². The summed E-state index contributed by atoms with van der Waals surface area (Å²) in [4.78, 5) is 37.3. The number of methoxy groups -OCH3 is 1. The van der Waals surface area contributed by atoms with Crippen molar-refractivity contribution >= 4 is 18.0 Å². The highest BCUT2D eigenvalue weighted by atomic mass is 19.1. The first kappa shape index (κ1) is 17.7. The van der Waals surface area contributed by atoms with Crippen LogP contribution in [0.15, 0.2) is 0 Å². The molecule has 0 bridgehead atoms. The molecule has 1 aliphatic heterocycles. The molecule has 0 spiro atoms. The van der Waals surface area contributed by atoms with Crippen LogP contribution in [0.2, 0.25) is 0 Å². The Hall–Kier alpha value is -1.70. The molecule has 2 unspecified atom stereocenters. The summed E-state index contributed by atoms with van der Waals surface area (Å²) in [5.41, 5.74) is -0.813. The molecule has 0 aromatic heterocycles. The second-order valence-corrected chi connectivity index (χ2v) is 6.78. The highest BCUT2D eigenvalue weighted by Crippen LogP contribution is 2.32. The van der Waals surface area contributed by atoms with E-state index in [4.69, 9.17) is 9.47 Å². The maximum absolute atomic E-state index is 12.9. The van der Waals surface area contributed by atoms with Crippen molar-refractivity contribution in [3.8, 4) is 0 Å². The number of halogens is 1. The summed E-state index contributed by atoms with van der Waals surface area (Å²) in [6.45, 7) is 4.97. The second kappa shape index (κ2) is 6.43. The van der Waals surface area contributed by atoms with Crippen LogP contribution in [0.5, 0.6) is 0 Å². The number of esters is 1. The topological polar surface area (TPSA) is 82.1 Å². The molecule has 0 radical (unpaired) electrons. The van der Waals surface area contributed by atoms with Crippen molar-refractivity contribution in [3.05, 3.63) is 0 Å². The zero-order chi connectivity index (χ0) is 17.4. The summed E-state index contributed by atoms with van der Waals surface area (Å²) in [6.07, 6.45) is -2.74. The average Bonchev–Trinajstić information content (AvgIpc) is 2.71. The standard InChI is InChI=1S/C15H22FNO6/c1-15(2,3)23-14(20)17-10(13(19)21-4)7-11(12(17)18)22-9-5-8(16)6-9/h8-11H,5-7H2,1-4H3. The first-order valence-electron chi connectivity index (χ1n) is 7.55. The molecular weight excluding hydrogens is 309 g/mol. The second-order valence-electron chi connectivity index (χ2n) is 6.78. The third-order valence-corrected chi connectivity index (χ3v) is 3.72. The molecule has 1 heterocycles. The third-order valence-electron chi connectivity index (χ3n) is 3.72. The van der Waals surface area contributed by atoms with Crippen molar-refractivity contribution in [2.75, 3.05) is 7.11 Å². The van der Waals surface area contributed by atoms with Crippen LogP contribution in [-0.2, 0) is 23.8 Å². The SMILES string of the molecule is COC(=O)C1CC(OC2CC(F)C2)C(=O)N1C(=O)OC(C)(C)C. The van der Waals surface area contributed by atoms with E-state index in [1.54, 1.807) is 20.8 Å². The predicted molar refractivity (Wildman–Crippen MR) is 76.3 cm³/mol. The molecule has 23 heavy (non-hydrogen) atoms. The number of alkyl halides is 1. The minimum absolute atomic E-state index is 0.0157. The molecule has 0 aromatic rings. The van der Waals surface area contributed by atoms with E-state index in [0.717, 1.165) is 4.90 Å². The molecule has 0 aromatic carbocycles. The number of hydrogen-bond donors (Lipinski definition) is 0. The highest BCUT2D eigenvalue weighted by Gasteiger charge is 2.50. The Morgan fingerprint density at radius 3 is 2.30 bits per heavy atom. The Morgan fingerprint density at radius 1 is 1.22 bits per heavy atom. The molecule has 2 aliphatic rings. The van der Waals surface area contributed by atoms with Gasteiger partial charge in [-0.15, -0.1) is 0 Å². The number of carbonyl (C=O) groups is 3. The summed E-state index contributed by atoms with van der Waals surface area (Å²) in [7, 11) is 1.17. The fraction of sp³-hybridized carbons (Fsp3) is 0.800. The van der Waals surface area contributed by atoms with E-state index < -0.39 is 41.9 Å². The molecule has 8 heteroatoms. The van der Waals surface area contributed by atoms with Gasteiger partial charge in [-0.1, -0.05) is 0 Å². The lowest BCUT2D eigenvalue weighted by atomic mass is 9.93. The Kier molecular flexibility index (Phi) is 4.93. The Bertz CT molecular complexity index is 497. The zero-order valence-electron chi connectivity index (χ0n) is 13.7. The number of imide groups is 1. The molecule has 2 amide bonds. The molecule has 2 rings (SSSR count). The van der Waals surface area contributed by atoms with Gasteiger partial charge < -0.3 is 14.2 Å². The first-order valence-corrected chi connectivity index (χ1v) is 7.55. The molecule has 1 aliphatic carbocycles. The van der Waals surface area contributed by atoms with Crippen molar-refractivity contribution in [2.24, 2.45) is 0 Å². The van der Waals surface area contributed by atoms with Gasteiger partial charge in [0.25, 0.3) is 5.91 Å². The lowest BCUT2D eigenvalue weighted by Gasteiger charge is -2.31. The highest BCUT2D eigenvalue weighted by molar-refractivity contribution is 6.01. The maximum Gasteiger partial charge on any atom is 0.417 e. The summed E-state index contributed by atoms with van der Waals surface area (Å²) < 4.78 is 28.2. The summed E-state index contributed by atoms with van der Waals surface area (Å²) in [5.74, 6) is -1.37. The smallest absolute Gasteiger partial charge is 0.417 e. The molecule has 0 N–H and O–H groups in total. The van der Waals surface area contributed by atoms with E-state index in [-0.39, 0.29) is 25.4 Å². The van der Waals surface area contributed by atoms with Crippen LogP contribution in [0.4, 0.5) is 9.18 Å². The van der Waals surface area contributed by atoms with E-state index in [2.05, 4.69) is 4.74 Å². The van der Waals surface area contributed by atoms with Crippen molar-refractivity contribution < 1.29 is 33.0 Å². The predicted octanol–water partition coefficient (Wildman–Crippen LogP) is 1.58. The van der Waals surface area contributed by atoms with Crippen LogP contribution in [0.1, 0.15) is 40.0 Å². The number of amides is 2. The number of likely N-dealkylation sites (tertiary alicyclic amines) is 1. The normalized spacial score (nSPS) is 30.8. The van der Waals surface area contributed by atoms with Gasteiger partial charge >= 0.3 is 12.1 Å². The molecular formula is C15H22FNO6. The van der Waals surface area contributed by atoms with Gasteiger partial charge in [0.05, 0.1) is 13.2 Å². The lowest BCUT2D eigenvalue weighted by molar-refractivity contribution is -0.150. The maximum atomic E-state index is 12.9. The molecule has 1 saturated heterocycles. The van der Waals surface area contributed by atoms with Crippen LogP contribution in [0, 0.1) is 0 Å². The molecule has 1 saturated carbocycles. The molecule has 7 nitrogen and oxygen atoms in total. The van der Waals surface area contributed by atoms with E-state index in [9.17, 15) is 18.8 Å². The quantitative estimate of drug-likeness (QED) is 0.730. The van der Waals surface area contributed by atoms with Crippen molar-refractivity contribution in [2.45, 2.75) is 70.1 Å². The average molecular weight is 331 g/mol. The van der Waals surface area contributed by atoms with Gasteiger partial charge in [-0.25, -0.2) is 18.9 Å². The van der Waals surface area contributed by atoms with Gasteiger partial charge in [0.1, 0.15) is 23.9 Å². The first-order chi connectivity index (χ1) is 10.6. The minimum Gasteiger partial charge on any atom is -0.467 e. The number of nitrogens with zero attached hydrogens (tertiary/aromatic N) is 1. The van der Waals surface area contributed by atoms with Crippen LogP contribution >= 0.6 is 0 Å². The van der Waals surface area contributed by atoms with E-state index in [0.29, 0.717) is 0 Å². The number of carbonyl (C=O) groups excluding carboxylic acids is 3. The van der Waals surface area contributed by atoms with E-state index >= 15 is 0 Å². The van der Waals surface area contributed by atoms with Crippen LogP contribution in [0.25, 0.3) is 0 Å². The van der Waals surface area contributed by atoms with E-state index in [1.807, 2.05) is 0 Å². The van der Waals surface area contributed by atoms with E-state index in [1.165, 1.54) is 7.11 Å². The minimum atomic E-state index is -1.09. The number of rotatable bonds is 3. The van der Waals surface area contributed by atoms with Crippen LogP contribution in [0.3, 0.4) is 0 Å². The van der Waals surface area contributed by atoms with Gasteiger partial charge in [-0.2, -0.15) is 0 Å². The fourth-order valence-electron chi connectivity index (χ4n) is 2.54. The van der Waals surface area contributed by atoms with Gasteiger partial charge in [0, 0.05) is 19.3 Å². The van der Waals surface area contributed by atoms with Crippen molar-refractivity contribution in [1.29, 1.82) is 0 Å². The number of hydrogen-bond acceptors (Lipinski definition) is 6. The Morgan fingerprint density at radius 2 is 1.83 bits per heavy atom. The number of ether oxygens (including phenoxy) is 3. The Balaban J connectivity index is 2.10. The zero-order valence-corrected chi connectivity index (χ0v) is 13.7. The van der Waals surface area contributed by atoms with Crippen molar-refractivity contribution in [3.63, 3.8) is 0 Å². The lowest BCUT2D eigenvalue weighted by Crippen LogP contribution is -2.47. The van der Waals surface area contributed by atoms with Gasteiger partial charge in [-0.05, 0) is 20.8 Å². The largest absolute Gasteiger partial charge is 0.467 e. The summed E-state index contributed by atoms with van der Waals surface area (Å²) in [5, 5.41) is 0. The molecule has 2 fully saturated rings. The summed E-state index contributed by atoms with van der Waals surface area (Å²) >= 11 is 0. The molecule has 130 valence electrons. The summed E-state index contributed by atoms with van der Waals surface area (Å²) in [6, 6.07) is -1.09. The van der Waals surface area contributed by atoms with Gasteiger partial charge in [0.2, 0.25) is 0 Å². The Labute approximate surface area is 134 Å². The van der Waals surface area contributed by atoms with Crippen molar-refractivity contribution in [1.82, 2.24) is 4.90 Å². The van der Waals surface area contributed by atoms with Crippen LogP contribution in [-0.4, -0.2) is 60.0 Å². The van der Waals surface area contributed by atoms with Crippen LogP contribution < -0.4 is 0 Å². The van der Waals surface area contributed by atoms with Gasteiger partial charge in [0.15, 0.2) is 0 Å². The molecule has 2 atom stereocenters. The monoisotopic (exact) mass is 331 g/mol. The fourth-order valence-corrected chi connectivity index (χ4v) is 2.54.